The number of hydrogen-bond donors (Lipinski definition) is 1. The second-order valence-corrected chi connectivity index (χ2v) is 7.02. The van der Waals surface area contributed by atoms with E-state index in [1.54, 1.807) is 6.07 Å². The van der Waals surface area contributed by atoms with Gasteiger partial charge in [0.25, 0.3) is 15.5 Å². The van der Waals surface area contributed by atoms with Gasteiger partial charge in [0.05, 0.1) is 9.82 Å². The van der Waals surface area contributed by atoms with Gasteiger partial charge in [-0.2, -0.15) is 13.2 Å². The Morgan fingerprint density at radius 1 is 1.08 bits per heavy atom. The maximum Gasteiger partial charge on any atom is 0.501 e. The van der Waals surface area contributed by atoms with Gasteiger partial charge in [0.2, 0.25) is 6.79 Å². The van der Waals surface area contributed by atoms with E-state index in [-0.39, 0.29) is 12.5 Å². The van der Waals surface area contributed by atoms with Crippen molar-refractivity contribution < 1.29 is 36.0 Å². The fourth-order valence-electron chi connectivity index (χ4n) is 2.20. The molecule has 1 N–H and O–H groups in total. The zero-order valence-corrected chi connectivity index (χ0v) is 13.4. The zero-order chi connectivity index (χ0) is 19.1. The first kappa shape index (κ1) is 17.8. The Bertz CT molecular complexity index is 991. The molecule has 0 amide bonds. The number of nitrogens with one attached hydrogen (secondary N) is 1. The number of sulfone groups is 1. The third kappa shape index (κ3) is 3.10. The maximum atomic E-state index is 12.6. The Labute approximate surface area is 144 Å². The van der Waals surface area contributed by atoms with Crippen molar-refractivity contribution in [1.29, 1.82) is 0 Å². The molecule has 0 fully saturated rings. The van der Waals surface area contributed by atoms with Crippen LogP contribution in [0.5, 0.6) is 11.5 Å². The number of halogens is 3. The van der Waals surface area contributed by atoms with Crippen molar-refractivity contribution in [1.82, 2.24) is 0 Å². The summed E-state index contributed by atoms with van der Waals surface area (Å²) in [5.41, 5.74) is -6.24. The molecule has 0 atom stereocenters. The molecule has 1 aliphatic rings. The van der Waals surface area contributed by atoms with Crippen molar-refractivity contribution in [3.8, 4) is 11.5 Å². The summed E-state index contributed by atoms with van der Waals surface area (Å²) in [6, 6.07) is 6.42. The van der Waals surface area contributed by atoms with E-state index in [2.05, 4.69) is 5.32 Å². The van der Waals surface area contributed by atoms with Crippen LogP contribution < -0.4 is 14.8 Å². The Hall–Kier alpha value is -3.02. The van der Waals surface area contributed by atoms with Crippen LogP contribution in [-0.2, 0) is 9.84 Å². The van der Waals surface area contributed by atoms with Crippen LogP contribution in [-0.4, -0.2) is 25.6 Å². The Balaban J connectivity index is 1.99. The fraction of sp³-hybridized carbons (Fsp3) is 0.143. The van der Waals surface area contributed by atoms with Crippen LogP contribution in [0, 0.1) is 10.1 Å². The van der Waals surface area contributed by atoms with Crippen molar-refractivity contribution in [2.24, 2.45) is 0 Å². The van der Waals surface area contributed by atoms with Crippen molar-refractivity contribution in [3.05, 3.63) is 46.5 Å². The van der Waals surface area contributed by atoms with Crippen LogP contribution in [0.3, 0.4) is 0 Å². The van der Waals surface area contributed by atoms with Crippen LogP contribution >= 0.6 is 0 Å². The van der Waals surface area contributed by atoms with E-state index >= 15 is 0 Å². The number of anilines is 2. The lowest BCUT2D eigenvalue weighted by Gasteiger charge is -2.11. The number of fused-ring (bicyclic) bond motifs is 1. The smallest absolute Gasteiger partial charge is 0.454 e. The standard InChI is InChI=1S/C14H9F3N2O6S/c15-14(16,17)26(22,23)9-2-3-10(11(6-9)19(20)21)18-8-1-4-12-13(5-8)25-7-24-12/h1-6,18H,7H2. The zero-order valence-electron chi connectivity index (χ0n) is 12.6. The predicted octanol–water partition coefficient (Wildman–Crippen LogP) is 3.36. The number of hydrogen-bond acceptors (Lipinski definition) is 7. The number of benzene rings is 2. The van der Waals surface area contributed by atoms with E-state index in [0.29, 0.717) is 29.3 Å². The van der Waals surface area contributed by atoms with Gasteiger partial charge in [-0.15, -0.1) is 0 Å². The highest BCUT2D eigenvalue weighted by molar-refractivity contribution is 7.92. The number of nitrogens with zero attached hydrogens (tertiary/aromatic N) is 1. The predicted molar refractivity (Wildman–Crippen MR) is 82.2 cm³/mol. The molecule has 0 unspecified atom stereocenters. The molecule has 2 aromatic carbocycles. The molecule has 1 heterocycles. The number of alkyl halides is 3. The van der Waals surface area contributed by atoms with Gasteiger partial charge < -0.3 is 14.8 Å². The summed E-state index contributed by atoms with van der Waals surface area (Å²) >= 11 is 0. The quantitative estimate of drug-likeness (QED) is 0.630. The molecule has 0 radical (unpaired) electrons. The van der Waals surface area contributed by atoms with Gasteiger partial charge in [-0.05, 0) is 24.3 Å². The summed E-state index contributed by atoms with van der Waals surface area (Å²) in [6.07, 6.45) is 0. The van der Waals surface area contributed by atoms with Gasteiger partial charge in [0.15, 0.2) is 11.5 Å². The lowest BCUT2D eigenvalue weighted by Crippen LogP contribution is -2.23. The largest absolute Gasteiger partial charge is 0.501 e. The number of nitro benzene ring substituents is 1. The molecule has 138 valence electrons. The van der Waals surface area contributed by atoms with E-state index in [1.807, 2.05) is 0 Å². The van der Waals surface area contributed by atoms with Gasteiger partial charge in [0.1, 0.15) is 5.69 Å². The lowest BCUT2D eigenvalue weighted by molar-refractivity contribution is -0.384. The third-order valence-electron chi connectivity index (χ3n) is 3.43. The molecule has 12 heteroatoms. The van der Waals surface area contributed by atoms with Gasteiger partial charge >= 0.3 is 5.51 Å². The SMILES string of the molecule is O=[N+]([O-])c1cc(S(=O)(=O)C(F)(F)F)ccc1Nc1ccc2c(c1)OCO2. The van der Waals surface area contributed by atoms with E-state index < -0.39 is 30.9 Å². The molecule has 1 aliphatic heterocycles. The van der Waals surface area contributed by atoms with E-state index in [9.17, 15) is 31.7 Å². The van der Waals surface area contributed by atoms with Crippen LogP contribution in [0.2, 0.25) is 0 Å². The second kappa shape index (κ2) is 6.05. The average molecular weight is 390 g/mol. The van der Waals surface area contributed by atoms with Gasteiger partial charge in [-0.1, -0.05) is 0 Å². The summed E-state index contributed by atoms with van der Waals surface area (Å²) in [7, 11) is -5.70. The first-order valence-corrected chi connectivity index (χ1v) is 8.34. The molecule has 0 bridgehead atoms. The highest BCUT2D eigenvalue weighted by atomic mass is 32.2. The summed E-state index contributed by atoms with van der Waals surface area (Å²) in [5.74, 6) is 0.852. The van der Waals surface area contributed by atoms with Crippen LogP contribution in [0.1, 0.15) is 0 Å². The molecular weight excluding hydrogens is 381 g/mol. The number of ether oxygens (including phenoxy) is 2. The van der Waals surface area contributed by atoms with Crippen LogP contribution in [0.4, 0.5) is 30.2 Å². The maximum absolute atomic E-state index is 12.6. The molecule has 0 aromatic heterocycles. The summed E-state index contributed by atoms with van der Waals surface area (Å²) in [5, 5.41) is 13.8. The minimum absolute atomic E-state index is 0.0168. The molecule has 26 heavy (non-hydrogen) atoms. The van der Waals surface area contributed by atoms with Crippen molar-refractivity contribution in [2.45, 2.75) is 10.4 Å². The molecular formula is C14H9F3N2O6S. The molecule has 0 saturated carbocycles. The Kier molecular flexibility index (Phi) is 4.14. The topological polar surface area (TPSA) is 108 Å². The molecule has 0 aliphatic carbocycles. The second-order valence-electron chi connectivity index (χ2n) is 5.08. The fourth-order valence-corrected chi connectivity index (χ4v) is 2.98. The minimum atomic E-state index is -5.70. The monoisotopic (exact) mass is 390 g/mol. The normalized spacial score (nSPS) is 13.5. The van der Waals surface area contributed by atoms with E-state index in [4.69, 9.17) is 9.47 Å². The number of rotatable bonds is 4. The van der Waals surface area contributed by atoms with Gasteiger partial charge in [-0.25, -0.2) is 8.42 Å². The van der Waals surface area contributed by atoms with Gasteiger partial charge in [0, 0.05) is 17.8 Å². The Morgan fingerprint density at radius 3 is 2.42 bits per heavy atom. The van der Waals surface area contributed by atoms with Crippen molar-refractivity contribution in [3.63, 3.8) is 0 Å². The summed E-state index contributed by atoms with van der Waals surface area (Å²) < 4.78 is 71.0. The minimum Gasteiger partial charge on any atom is -0.454 e. The summed E-state index contributed by atoms with van der Waals surface area (Å²) in [6.45, 7) is 0.0168. The highest BCUT2D eigenvalue weighted by Crippen LogP contribution is 2.38. The molecule has 0 spiro atoms. The van der Waals surface area contributed by atoms with Crippen LogP contribution in [0.25, 0.3) is 0 Å². The molecule has 3 rings (SSSR count). The Morgan fingerprint density at radius 2 is 1.77 bits per heavy atom. The lowest BCUT2D eigenvalue weighted by atomic mass is 10.2. The van der Waals surface area contributed by atoms with Crippen molar-refractivity contribution >= 4 is 26.9 Å². The van der Waals surface area contributed by atoms with Crippen LogP contribution in [0.15, 0.2) is 41.3 Å². The molecule has 2 aromatic rings. The first-order chi connectivity index (χ1) is 12.1. The van der Waals surface area contributed by atoms with E-state index in [1.165, 1.54) is 12.1 Å². The average Bonchev–Trinajstić information content (AvgIpc) is 3.01. The third-order valence-corrected chi connectivity index (χ3v) is 4.92. The number of nitro groups is 1. The molecule has 0 saturated heterocycles. The van der Waals surface area contributed by atoms with Crippen molar-refractivity contribution in [2.75, 3.05) is 12.1 Å². The van der Waals surface area contributed by atoms with Gasteiger partial charge in [-0.3, -0.25) is 10.1 Å². The van der Waals surface area contributed by atoms with E-state index in [0.717, 1.165) is 6.07 Å². The summed E-state index contributed by atoms with van der Waals surface area (Å²) in [4.78, 5) is 8.98. The highest BCUT2D eigenvalue weighted by Gasteiger charge is 2.47. The molecule has 8 nitrogen and oxygen atoms in total. The first-order valence-electron chi connectivity index (χ1n) is 6.86.